The van der Waals surface area contributed by atoms with Gasteiger partial charge in [-0.3, -0.25) is 0 Å². The zero-order valence-electron chi connectivity index (χ0n) is 11.6. The average molecular weight is 295 g/mol. The van der Waals surface area contributed by atoms with Gasteiger partial charge in [-0.1, -0.05) is 6.07 Å². The molecule has 20 heavy (non-hydrogen) atoms. The highest BCUT2D eigenvalue weighted by Crippen LogP contribution is 2.29. The van der Waals surface area contributed by atoms with Gasteiger partial charge in [0, 0.05) is 29.4 Å². The lowest BCUT2D eigenvalue weighted by molar-refractivity contribution is 0.0699. The van der Waals surface area contributed by atoms with E-state index >= 15 is 0 Å². The van der Waals surface area contributed by atoms with Crippen molar-refractivity contribution in [3.8, 4) is 0 Å². The number of hydrogen-bond donors (Lipinski definition) is 1. The number of benzene rings is 1. The number of nitrogens with zero attached hydrogens (tertiary/aromatic N) is 1. The summed E-state index contributed by atoms with van der Waals surface area (Å²) in [5.41, 5.74) is 1.42. The number of hydrogen-bond acceptors (Lipinski definition) is 3. The van der Waals surface area contributed by atoms with Crippen molar-refractivity contribution in [3.05, 3.63) is 35.5 Å². The highest BCUT2D eigenvalue weighted by atomic mass is 32.2. The van der Waals surface area contributed by atoms with Crippen LogP contribution in [0.15, 0.2) is 24.4 Å². The minimum absolute atomic E-state index is 0.120. The smallest absolute Gasteiger partial charge is 0.336 e. The minimum atomic E-state index is -3.23. The molecule has 0 amide bonds. The summed E-state index contributed by atoms with van der Waals surface area (Å²) in [7, 11) is -3.23. The van der Waals surface area contributed by atoms with Crippen LogP contribution in [-0.4, -0.2) is 30.3 Å². The molecule has 2 rings (SSSR count). The van der Waals surface area contributed by atoms with E-state index in [0.717, 1.165) is 11.8 Å². The Morgan fingerprint density at radius 1 is 1.35 bits per heavy atom. The maximum absolute atomic E-state index is 11.5. The van der Waals surface area contributed by atoms with Crippen molar-refractivity contribution < 1.29 is 18.3 Å². The van der Waals surface area contributed by atoms with Crippen LogP contribution in [0.1, 0.15) is 35.8 Å². The fraction of sp³-hybridized carbons (Fsp3) is 0.357. The van der Waals surface area contributed by atoms with E-state index in [1.807, 2.05) is 24.5 Å². The predicted molar refractivity (Wildman–Crippen MR) is 77.8 cm³/mol. The number of rotatable bonds is 4. The minimum Gasteiger partial charge on any atom is -0.478 e. The first-order valence-corrected chi connectivity index (χ1v) is 8.30. The summed E-state index contributed by atoms with van der Waals surface area (Å²) in [6.07, 6.45) is 2.89. The molecule has 5 nitrogen and oxygen atoms in total. The number of carboxylic acid groups (broad SMARTS) is 1. The van der Waals surface area contributed by atoms with Crippen molar-refractivity contribution >= 4 is 26.7 Å². The molecule has 0 aliphatic rings. The number of aromatic nitrogens is 1. The van der Waals surface area contributed by atoms with Gasteiger partial charge in [0.2, 0.25) is 0 Å². The molecule has 1 heterocycles. The number of aromatic carboxylic acids is 1. The van der Waals surface area contributed by atoms with E-state index in [9.17, 15) is 18.3 Å². The second-order valence-corrected chi connectivity index (χ2v) is 7.37. The summed E-state index contributed by atoms with van der Waals surface area (Å²) in [6, 6.07) is 5.11. The summed E-state index contributed by atoms with van der Waals surface area (Å²) in [5, 5.41) is 9.81. The Morgan fingerprint density at radius 3 is 2.50 bits per heavy atom. The molecule has 0 fully saturated rings. The molecule has 0 aliphatic heterocycles. The summed E-state index contributed by atoms with van der Waals surface area (Å²) >= 11 is 0. The number of fused-ring (bicyclic) bond motifs is 1. The van der Waals surface area contributed by atoms with Crippen LogP contribution in [0.4, 0.5) is 0 Å². The number of carbonyl (C=O) groups is 1. The lowest BCUT2D eigenvalue weighted by atomic mass is 10.1. The van der Waals surface area contributed by atoms with E-state index in [1.54, 1.807) is 12.3 Å². The molecule has 0 atom stereocenters. The topological polar surface area (TPSA) is 76.4 Å². The van der Waals surface area contributed by atoms with Crippen LogP contribution in [0.3, 0.4) is 0 Å². The van der Waals surface area contributed by atoms with Crippen LogP contribution in [0.2, 0.25) is 0 Å². The zero-order chi connectivity index (χ0) is 15.1. The molecule has 1 aromatic heterocycles. The van der Waals surface area contributed by atoms with Crippen molar-refractivity contribution in [2.75, 3.05) is 6.26 Å². The van der Waals surface area contributed by atoms with E-state index in [1.165, 1.54) is 6.07 Å². The van der Waals surface area contributed by atoms with Crippen LogP contribution in [-0.2, 0) is 15.6 Å². The van der Waals surface area contributed by atoms with Crippen molar-refractivity contribution in [3.63, 3.8) is 0 Å². The largest absolute Gasteiger partial charge is 0.478 e. The third-order valence-electron chi connectivity index (χ3n) is 3.14. The Morgan fingerprint density at radius 2 is 2.00 bits per heavy atom. The van der Waals surface area contributed by atoms with Crippen molar-refractivity contribution in [2.24, 2.45) is 0 Å². The summed E-state index contributed by atoms with van der Waals surface area (Å²) in [4.78, 5) is 11.4. The second-order valence-electron chi connectivity index (χ2n) is 5.23. The Balaban J connectivity index is 2.82. The first kappa shape index (κ1) is 14.6. The fourth-order valence-corrected chi connectivity index (χ4v) is 3.18. The number of sulfone groups is 1. The van der Waals surface area contributed by atoms with Crippen LogP contribution < -0.4 is 0 Å². The van der Waals surface area contributed by atoms with E-state index < -0.39 is 15.8 Å². The fourth-order valence-electron chi connectivity index (χ4n) is 2.39. The SMILES string of the molecule is CC(C)n1cc(CS(C)(=O)=O)c2c(C(=O)O)cccc21. The zero-order valence-corrected chi connectivity index (χ0v) is 12.4. The third kappa shape index (κ3) is 2.70. The Kier molecular flexibility index (Phi) is 3.60. The van der Waals surface area contributed by atoms with Crippen LogP contribution in [0.5, 0.6) is 0 Å². The first-order valence-electron chi connectivity index (χ1n) is 6.24. The second kappa shape index (κ2) is 4.94. The third-order valence-corrected chi connectivity index (χ3v) is 3.98. The maximum Gasteiger partial charge on any atom is 0.336 e. The summed E-state index contributed by atoms with van der Waals surface area (Å²) in [6.45, 7) is 3.94. The molecule has 108 valence electrons. The van der Waals surface area contributed by atoms with Crippen molar-refractivity contribution in [1.29, 1.82) is 0 Å². The molecule has 0 saturated carbocycles. The molecule has 0 aliphatic carbocycles. The van der Waals surface area contributed by atoms with Crippen LogP contribution in [0.25, 0.3) is 10.9 Å². The molecule has 0 unspecified atom stereocenters. The van der Waals surface area contributed by atoms with Gasteiger partial charge in [-0.05, 0) is 31.5 Å². The van der Waals surface area contributed by atoms with Gasteiger partial charge in [0.25, 0.3) is 0 Å². The molecule has 1 aromatic carbocycles. The van der Waals surface area contributed by atoms with Crippen LogP contribution in [0, 0.1) is 0 Å². The van der Waals surface area contributed by atoms with Gasteiger partial charge in [-0.15, -0.1) is 0 Å². The monoisotopic (exact) mass is 295 g/mol. The summed E-state index contributed by atoms with van der Waals surface area (Å²) in [5.74, 6) is -1.21. The average Bonchev–Trinajstić information content (AvgIpc) is 2.66. The van der Waals surface area contributed by atoms with E-state index in [4.69, 9.17) is 0 Å². The lowest BCUT2D eigenvalue weighted by Gasteiger charge is -2.09. The van der Waals surface area contributed by atoms with Gasteiger partial charge < -0.3 is 9.67 Å². The molecule has 0 saturated heterocycles. The van der Waals surface area contributed by atoms with Crippen LogP contribution >= 0.6 is 0 Å². The van der Waals surface area contributed by atoms with E-state index in [2.05, 4.69) is 0 Å². The number of carboxylic acids is 1. The van der Waals surface area contributed by atoms with Gasteiger partial charge in [-0.2, -0.15) is 0 Å². The first-order chi connectivity index (χ1) is 9.20. The molecule has 1 N–H and O–H groups in total. The van der Waals surface area contributed by atoms with E-state index in [-0.39, 0.29) is 17.4 Å². The highest BCUT2D eigenvalue weighted by Gasteiger charge is 2.19. The molecule has 6 heteroatoms. The van der Waals surface area contributed by atoms with Gasteiger partial charge >= 0.3 is 5.97 Å². The molecular weight excluding hydrogens is 278 g/mol. The van der Waals surface area contributed by atoms with E-state index in [0.29, 0.717) is 10.9 Å². The van der Waals surface area contributed by atoms with Crippen molar-refractivity contribution in [1.82, 2.24) is 4.57 Å². The van der Waals surface area contributed by atoms with Gasteiger partial charge in [0.15, 0.2) is 9.84 Å². The Bertz CT molecular complexity index is 772. The normalized spacial score (nSPS) is 12.2. The van der Waals surface area contributed by atoms with Crippen molar-refractivity contribution in [2.45, 2.75) is 25.6 Å². The summed E-state index contributed by atoms with van der Waals surface area (Å²) < 4.78 is 25.0. The van der Waals surface area contributed by atoms with Gasteiger partial charge in [0.05, 0.1) is 11.3 Å². The van der Waals surface area contributed by atoms with Gasteiger partial charge in [0.1, 0.15) is 0 Å². The Labute approximate surface area is 117 Å². The molecular formula is C14H17NO4S. The standard InChI is InChI=1S/C14H17NO4S/c1-9(2)15-7-10(8-20(3,18)19)13-11(14(16)17)5-4-6-12(13)15/h4-7,9H,8H2,1-3H3,(H,16,17). The molecule has 0 bridgehead atoms. The Hall–Kier alpha value is -1.82. The highest BCUT2D eigenvalue weighted by molar-refractivity contribution is 7.89. The quantitative estimate of drug-likeness (QED) is 0.940. The lowest BCUT2D eigenvalue weighted by Crippen LogP contribution is -2.02. The molecule has 0 radical (unpaired) electrons. The van der Waals surface area contributed by atoms with Gasteiger partial charge in [-0.25, -0.2) is 13.2 Å². The molecule has 0 spiro atoms. The molecule has 2 aromatic rings. The predicted octanol–water partition coefficient (Wildman–Crippen LogP) is 2.47. The maximum atomic E-state index is 11.5.